The Morgan fingerprint density at radius 3 is 0.871 bits per heavy atom. The highest BCUT2D eigenvalue weighted by Gasteiger charge is 2.34. The molecule has 4 rings (SSSR count). The summed E-state index contributed by atoms with van der Waals surface area (Å²) >= 11 is 0. The summed E-state index contributed by atoms with van der Waals surface area (Å²) in [6.07, 6.45) is -0.340. The van der Waals surface area contributed by atoms with E-state index >= 15 is 0 Å². The van der Waals surface area contributed by atoms with E-state index in [1.54, 1.807) is 0 Å². The van der Waals surface area contributed by atoms with E-state index in [0.29, 0.717) is 0 Å². The van der Waals surface area contributed by atoms with Gasteiger partial charge in [0.15, 0.2) is 0 Å². The number of benzene rings is 4. The minimum atomic E-state index is -2.56. The Morgan fingerprint density at radius 2 is 0.645 bits per heavy atom. The van der Waals surface area contributed by atoms with Gasteiger partial charge >= 0.3 is 8.56 Å². The normalized spacial score (nSPS) is 11.7. The molecular weight excluding hydrogens is 396 g/mol. The first-order valence-electron chi connectivity index (χ1n) is 10.7. The van der Waals surface area contributed by atoms with Crippen molar-refractivity contribution in [1.29, 1.82) is 0 Å². The van der Waals surface area contributed by atoms with E-state index in [2.05, 4.69) is 110 Å². The average Bonchev–Trinajstić information content (AvgIpc) is 2.83. The molecule has 0 aliphatic rings. The van der Waals surface area contributed by atoms with Crippen LogP contribution >= 0.6 is 0 Å². The molecule has 0 aliphatic carbocycles. The van der Waals surface area contributed by atoms with Gasteiger partial charge in [0.1, 0.15) is 0 Å². The number of hydrogen-bond donors (Lipinski definition) is 0. The van der Waals surface area contributed by atoms with Crippen molar-refractivity contribution in [2.45, 2.75) is 25.3 Å². The van der Waals surface area contributed by atoms with Crippen LogP contribution in [0.3, 0.4) is 0 Å². The Hall–Kier alpha value is -2.98. The Bertz CT molecular complexity index is 885. The van der Waals surface area contributed by atoms with Crippen molar-refractivity contribution >= 4 is 8.56 Å². The molecule has 0 atom stereocenters. The molecule has 0 saturated carbocycles. The zero-order chi connectivity index (χ0) is 21.5. The van der Waals surface area contributed by atoms with Crippen molar-refractivity contribution in [3.05, 3.63) is 144 Å². The highest BCUT2D eigenvalue weighted by Crippen LogP contribution is 2.34. The van der Waals surface area contributed by atoms with E-state index in [1.165, 1.54) is 0 Å². The van der Waals surface area contributed by atoms with Crippen LogP contribution in [0.5, 0.6) is 0 Å². The summed E-state index contributed by atoms with van der Waals surface area (Å²) in [6.45, 7) is 4.26. The quantitative estimate of drug-likeness (QED) is 0.276. The lowest BCUT2D eigenvalue weighted by molar-refractivity contribution is 0.116. The van der Waals surface area contributed by atoms with Crippen LogP contribution in [-0.2, 0) is 8.85 Å². The topological polar surface area (TPSA) is 18.5 Å². The molecule has 0 N–H and O–H groups in total. The second-order valence-corrected chi connectivity index (χ2v) is 11.3. The molecule has 3 heteroatoms. The molecule has 0 bridgehead atoms. The first-order chi connectivity index (χ1) is 15.1. The predicted molar refractivity (Wildman–Crippen MR) is 129 cm³/mol. The van der Waals surface area contributed by atoms with E-state index in [0.717, 1.165) is 22.3 Å². The molecule has 0 aliphatic heterocycles. The van der Waals surface area contributed by atoms with Gasteiger partial charge in [-0.1, -0.05) is 121 Å². The lowest BCUT2D eigenvalue weighted by atomic mass is 10.0. The summed E-state index contributed by atoms with van der Waals surface area (Å²) < 4.78 is 13.6. The summed E-state index contributed by atoms with van der Waals surface area (Å²) in [7, 11) is -2.56. The first-order valence-corrected chi connectivity index (χ1v) is 13.5. The van der Waals surface area contributed by atoms with E-state index in [-0.39, 0.29) is 12.2 Å². The number of rotatable bonds is 8. The largest absolute Gasteiger partial charge is 0.383 e. The van der Waals surface area contributed by atoms with Gasteiger partial charge in [0, 0.05) is 0 Å². The lowest BCUT2D eigenvalue weighted by Gasteiger charge is -2.33. The van der Waals surface area contributed by atoms with Crippen LogP contribution in [0.1, 0.15) is 34.5 Å². The van der Waals surface area contributed by atoms with Gasteiger partial charge in [-0.15, -0.1) is 0 Å². The van der Waals surface area contributed by atoms with Crippen LogP contribution in [0.4, 0.5) is 0 Å². The molecule has 0 saturated heterocycles. The van der Waals surface area contributed by atoms with Crippen molar-refractivity contribution in [3.8, 4) is 0 Å². The molecule has 0 amide bonds. The first kappa shape index (κ1) is 21.3. The SMILES string of the molecule is C[Si](C)(OC(c1ccccc1)c1ccccc1)OC(c1ccccc1)c1ccccc1. The fraction of sp³-hybridized carbons (Fsp3) is 0.143. The fourth-order valence-electron chi connectivity index (χ4n) is 3.76. The predicted octanol–water partition coefficient (Wildman–Crippen LogP) is 7.30. The van der Waals surface area contributed by atoms with Crippen molar-refractivity contribution in [2.75, 3.05) is 0 Å². The van der Waals surface area contributed by atoms with Crippen LogP contribution in [0.15, 0.2) is 121 Å². The maximum absolute atomic E-state index is 6.80. The molecule has 2 nitrogen and oxygen atoms in total. The van der Waals surface area contributed by atoms with Crippen LogP contribution in [0.25, 0.3) is 0 Å². The summed E-state index contributed by atoms with van der Waals surface area (Å²) in [6, 6.07) is 41.5. The smallest absolute Gasteiger partial charge is 0.333 e. The van der Waals surface area contributed by atoms with Crippen LogP contribution < -0.4 is 0 Å². The molecule has 156 valence electrons. The molecule has 0 radical (unpaired) electrons. The van der Waals surface area contributed by atoms with E-state index < -0.39 is 8.56 Å². The van der Waals surface area contributed by atoms with E-state index in [4.69, 9.17) is 8.85 Å². The van der Waals surface area contributed by atoms with Gasteiger partial charge in [-0.25, -0.2) is 0 Å². The van der Waals surface area contributed by atoms with Crippen molar-refractivity contribution < 1.29 is 8.85 Å². The summed E-state index contributed by atoms with van der Waals surface area (Å²) in [5.41, 5.74) is 4.53. The van der Waals surface area contributed by atoms with Gasteiger partial charge in [-0.3, -0.25) is 0 Å². The monoisotopic (exact) mass is 424 g/mol. The second-order valence-electron chi connectivity index (χ2n) is 8.04. The molecule has 4 aromatic rings. The molecule has 4 aromatic carbocycles. The van der Waals surface area contributed by atoms with Crippen molar-refractivity contribution in [2.24, 2.45) is 0 Å². The Labute approximate surface area is 186 Å². The third-order valence-electron chi connectivity index (χ3n) is 5.21. The summed E-state index contributed by atoms with van der Waals surface area (Å²) in [4.78, 5) is 0. The van der Waals surface area contributed by atoms with Gasteiger partial charge in [0.05, 0.1) is 12.2 Å². The third-order valence-corrected chi connectivity index (χ3v) is 6.82. The Balaban J connectivity index is 1.65. The molecular formula is C28H28O2Si. The minimum absolute atomic E-state index is 0.170. The number of hydrogen-bond acceptors (Lipinski definition) is 2. The van der Waals surface area contributed by atoms with E-state index in [1.807, 2.05) is 24.3 Å². The highest BCUT2D eigenvalue weighted by atomic mass is 28.4. The lowest BCUT2D eigenvalue weighted by Crippen LogP contribution is -2.38. The minimum Gasteiger partial charge on any atom is -0.383 e. The van der Waals surface area contributed by atoms with Crippen molar-refractivity contribution in [3.63, 3.8) is 0 Å². The molecule has 0 unspecified atom stereocenters. The van der Waals surface area contributed by atoms with Crippen LogP contribution in [-0.4, -0.2) is 8.56 Å². The van der Waals surface area contributed by atoms with Crippen LogP contribution in [0, 0.1) is 0 Å². The molecule has 0 heterocycles. The van der Waals surface area contributed by atoms with Crippen molar-refractivity contribution in [1.82, 2.24) is 0 Å². The van der Waals surface area contributed by atoms with Gasteiger partial charge < -0.3 is 8.85 Å². The highest BCUT2D eigenvalue weighted by molar-refractivity contribution is 6.64. The zero-order valence-electron chi connectivity index (χ0n) is 18.0. The maximum Gasteiger partial charge on any atom is 0.333 e. The van der Waals surface area contributed by atoms with Gasteiger partial charge in [0.25, 0.3) is 0 Å². The molecule has 31 heavy (non-hydrogen) atoms. The van der Waals surface area contributed by atoms with Gasteiger partial charge in [-0.2, -0.15) is 0 Å². The van der Waals surface area contributed by atoms with Gasteiger partial charge in [0.2, 0.25) is 0 Å². The third kappa shape index (κ3) is 5.59. The standard InChI is InChI=1S/C28H28O2Si/c1-31(2,29-27(23-15-7-3-8-16-23)24-17-9-4-10-18-24)30-28(25-19-11-5-12-20-25)26-21-13-6-14-22-26/h3-22,27-28H,1-2H3. The molecule has 0 aromatic heterocycles. The Morgan fingerprint density at radius 1 is 0.419 bits per heavy atom. The summed E-state index contributed by atoms with van der Waals surface area (Å²) in [5, 5.41) is 0. The Kier molecular flexibility index (Phi) is 6.78. The second kappa shape index (κ2) is 9.88. The average molecular weight is 425 g/mol. The maximum atomic E-state index is 6.80. The van der Waals surface area contributed by atoms with Gasteiger partial charge in [-0.05, 0) is 35.3 Å². The molecule has 0 fully saturated rings. The van der Waals surface area contributed by atoms with E-state index in [9.17, 15) is 0 Å². The van der Waals surface area contributed by atoms with Crippen LogP contribution in [0.2, 0.25) is 13.1 Å². The summed E-state index contributed by atoms with van der Waals surface area (Å²) in [5.74, 6) is 0. The zero-order valence-corrected chi connectivity index (χ0v) is 19.0. The molecule has 0 spiro atoms. The fourth-order valence-corrected chi connectivity index (χ4v) is 5.50.